The zero-order chi connectivity index (χ0) is 9.97. The Morgan fingerprint density at radius 1 is 1.36 bits per heavy atom. The minimum Gasteiger partial charge on any atom is -0.390 e. The Morgan fingerprint density at radius 2 is 2.14 bits per heavy atom. The Bertz CT molecular complexity index is 285. The van der Waals surface area contributed by atoms with Gasteiger partial charge in [-0.3, -0.25) is 4.98 Å². The molecule has 3 nitrogen and oxygen atoms in total. The van der Waals surface area contributed by atoms with E-state index in [0.717, 1.165) is 18.5 Å². The Kier molecular flexibility index (Phi) is 2.79. The van der Waals surface area contributed by atoms with Crippen LogP contribution in [0.1, 0.15) is 18.5 Å². The van der Waals surface area contributed by atoms with Gasteiger partial charge in [-0.25, -0.2) is 0 Å². The molecule has 2 unspecified atom stereocenters. The maximum atomic E-state index is 9.69. The van der Waals surface area contributed by atoms with E-state index in [1.54, 1.807) is 6.20 Å². The van der Waals surface area contributed by atoms with Crippen LogP contribution in [0.5, 0.6) is 0 Å². The largest absolute Gasteiger partial charge is 0.390 e. The number of nitrogens with zero attached hydrogens (tertiary/aromatic N) is 1. The molecular weight excluding hydrogens is 178 g/mol. The van der Waals surface area contributed by atoms with Crippen molar-refractivity contribution in [2.24, 2.45) is 5.92 Å². The van der Waals surface area contributed by atoms with Crippen molar-refractivity contribution in [3.8, 4) is 0 Å². The minimum atomic E-state index is -0.669. The summed E-state index contributed by atoms with van der Waals surface area (Å²) in [7, 11) is 0. The lowest BCUT2D eigenvalue weighted by molar-refractivity contribution is 0.00622. The van der Waals surface area contributed by atoms with Gasteiger partial charge in [-0.1, -0.05) is 6.07 Å². The van der Waals surface area contributed by atoms with Crippen molar-refractivity contribution in [1.29, 1.82) is 0 Å². The zero-order valence-corrected chi connectivity index (χ0v) is 8.00. The molecule has 1 saturated carbocycles. The SMILES string of the molecule is OC(Cc1ccccn1)C(O)C1CC1. The van der Waals surface area contributed by atoms with Gasteiger partial charge in [-0.15, -0.1) is 0 Å². The summed E-state index contributed by atoms with van der Waals surface area (Å²) in [5.41, 5.74) is 0.833. The predicted octanol–water partition coefficient (Wildman–Crippen LogP) is 0.756. The van der Waals surface area contributed by atoms with Crippen LogP contribution >= 0.6 is 0 Å². The first kappa shape index (κ1) is 9.62. The van der Waals surface area contributed by atoms with E-state index in [2.05, 4.69) is 4.98 Å². The third kappa shape index (κ3) is 2.30. The summed E-state index contributed by atoms with van der Waals surface area (Å²) < 4.78 is 0. The Morgan fingerprint density at radius 3 is 2.71 bits per heavy atom. The van der Waals surface area contributed by atoms with Gasteiger partial charge in [0.25, 0.3) is 0 Å². The average molecular weight is 193 g/mol. The molecule has 2 atom stereocenters. The highest BCUT2D eigenvalue weighted by Crippen LogP contribution is 2.34. The number of hydrogen-bond donors (Lipinski definition) is 2. The highest BCUT2D eigenvalue weighted by Gasteiger charge is 2.34. The van der Waals surface area contributed by atoms with Crippen molar-refractivity contribution < 1.29 is 10.2 Å². The van der Waals surface area contributed by atoms with Gasteiger partial charge < -0.3 is 10.2 Å². The lowest BCUT2D eigenvalue weighted by atomic mass is 10.0. The van der Waals surface area contributed by atoms with Crippen molar-refractivity contribution >= 4 is 0 Å². The van der Waals surface area contributed by atoms with Gasteiger partial charge in [0.15, 0.2) is 0 Å². The van der Waals surface area contributed by atoms with Crippen molar-refractivity contribution in [2.75, 3.05) is 0 Å². The van der Waals surface area contributed by atoms with Crippen LogP contribution in [0.3, 0.4) is 0 Å². The zero-order valence-electron chi connectivity index (χ0n) is 8.00. The van der Waals surface area contributed by atoms with Crippen LogP contribution < -0.4 is 0 Å². The quantitative estimate of drug-likeness (QED) is 0.742. The van der Waals surface area contributed by atoms with E-state index in [1.165, 1.54) is 0 Å². The Hall–Kier alpha value is -0.930. The molecule has 1 aliphatic carbocycles. The smallest absolute Gasteiger partial charge is 0.0857 e. The maximum Gasteiger partial charge on any atom is 0.0857 e. The van der Waals surface area contributed by atoms with Crippen molar-refractivity contribution in [2.45, 2.75) is 31.5 Å². The summed E-state index contributed by atoms with van der Waals surface area (Å²) in [5, 5.41) is 19.3. The molecule has 2 N–H and O–H groups in total. The average Bonchev–Trinajstić information content (AvgIpc) is 3.01. The molecule has 1 aliphatic rings. The van der Waals surface area contributed by atoms with E-state index in [4.69, 9.17) is 0 Å². The fourth-order valence-corrected chi connectivity index (χ4v) is 1.61. The minimum absolute atomic E-state index is 0.314. The molecule has 0 saturated heterocycles. The van der Waals surface area contributed by atoms with Crippen LogP contribution in [-0.2, 0) is 6.42 Å². The molecule has 76 valence electrons. The van der Waals surface area contributed by atoms with Gasteiger partial charge in [0.05, 0.1) is 12.2 Å². The molecule has 0 bridgehead atoms. The lowest BCUT2D eigenvalue weighted by Gasteiger charge is -2.16. The summed E-state index contributed by atoms with van der Waals surface area (Å²) in [6, 6.07) is 5.59. The van der Waals surface area contributed by atoms with Crippen LogP contribution in [0.2, 0.25) is 0 Å². The summed E-state index contributed by atoms with van der Waals surface area (Å²) >= 11 is 0. The van der Waals surface area contributed by atoms with E-state index < -0.39 is 12.2 Å². The second kappa shape index (κ2) is 4.07. The molecule has 3 heteroatoms. The molecular formula is C11H15NO2. The standard InChI is InChI=1S/C11H15NO2/c13-10(11(14)8-4-5-8)7-9-3-1-2-6-12-9/h1-3,6,8,10-11,13-14H,4-5,7H2. The summed E-state index contributed by atoms with van der Waals surface area (Å²) in [4.78, 5) is 4.11. The first-order chi connectivity index (χ1) is 6.77. The Labute approximate surface area is 83.4 Å². The number of aromatic nitrogens is 1. The second-order valence-electron chi connectivity index (χ2n) is 3.92. The molecule has 1 aromatic rings. The molecule has 0 aliphatic heterocycles. The van der Waals surface area contributed by atoms with Gasteiger partial charge in [-0.05, 0) is 30.9 Å². The molecule has 2 rings (SSSR count). The van der Waals surface area contributed by atoms with E-state index in [-0.39, 0.29) is 0 Å². The first-order valence-corrected chi connectivity index (χ1v) is 5.03. The fraction of sp³-hybridized carbons (Fsp3) is 0.545. The molecule has 0 amide bonds. The molecule has 1 aromatic heterocycles. The number of hydrogen-bond acceptors (Lipinski definition) is 3. The van der Waals surface area contributed by atoms with Crippen LogP contribution in [0.4, 0.5) is 0 Å². The van der Waals surface area contributed by atoms with Gasteiger partial charge in [0, 0.05) is 18.3 Å². The van der Waals surface area contributed by atoms with E-state index in [9.17, 15) is 10.2 Å². The molecule has 14 heavy (non-hydrogen) atoms. The van der Waals surface area contributed by atoms with Crippen molar-refractivity contribution in [3.05, 3.63) is 30.1 Å². The third-order valence-corrected chi connectivity index (χ3v) is 2.64. The number of rotatable bonds is 4. The van der Waals surface area contributed by atoms with Gasteiger partial charge in [0.2, 0.25) is 0 Å². The van der Waals surface area contributed by atoms with E-state index in [1.807, 2.05) is 18.2 Å². The highest BCUT2D eigenvalue weighted by atomic mass is 16.3. The number of aliphatic hydroxyl groups excluding tert-OH is 2. The van der Waals surface area contributed by atoms with Crippen LogP contribution in [0.25, 0.3) is 0 Å². The first-order valence-electron chi connectivity index (χ1n) is 5.03. The molecule has 0 aromatic carbocycles. The molecule has 1 fully saturated rings. The Balaban J connectivity index is 1.90. The van der Waals surface area contributed by atoms with Crippen molar-refractivity contribution in [3.63, 3.8) is 0 Å². The van der Waals surface area contributed by atoms with Crippen LogP contribution in [-0.4, -0.2) is 27.4 Å². The molecule has 1 heterocycles. The van der Waals surface area contributed by atoms with E-state index >= 15 is 0 Å². The summed E-state index contributed by atoms with van der Waals surface area (Å²) in [5.74, 6) is 0.314. The monoisotopic (exact) mass is 193 g/mol. The maximum absolute atomic E-state index is 9.69. The molecule has 0 spiro atoms. The van der Waals surface area contributed by atoms with Crippen molar-refractivity contribution in [1.82, 2.24) is 4.98 Å². The normalized spacial score (nSPS) is 20.4. The van der Waals surface area contributed by atoms with Crippen LogP contribution in [0, 0.1) is 5.92 Å². The number of aliphatic hydroxyl groups is 2. The highest BCUT2D eigenvalue weighted by molar-refractivity contribution is 5.05. The fourth-order valence-electron chi connectivity index (χ4n) is 1.61. The van der Waals surface area contributed by atoms with E-state index in [0.29, 0.717) is 12.3 Å². The molecule has 0 radical (unpaired) electrons. The topological polar surface area (TPSA) is 53.4 Å². The third-order valence-electron chi connectivity index (χ3n) is 2.64. The second-order valence-corrected chi connectivity index (χ2v) is 3.92. The van der Waals surface area contributed by atoms with Gasteiger partial charge >= 0.3 is 0 Å². The predicted molar refractivity (Wildman–Crippen MR) is 52.7 cm³/mol. The number of pyridine rings is 1. The van der Waals surface area contributed by atoms with Gasteiger partial charge in [0.1, 0.15) is 0 Å². The summed E-state index contributed by atoms with van der Waals surface area (Å²) in [6.07, 6.45) is 2.99. The lowest BCUT2D eigenvalue weighted by Crippen LogP contribution is -2.30. The summed E-state index contributed by atoms with van der Waals surface area (Å²) in [6.45, 7) is 0. The van der Waals surface area contributed by atoms with Crippen LogP contribution in [0.15, 0.2) is 24.4 Å². The van der Waals surface area contributed by atoms with Gasteiger partial charge in [-0.2, -0.15) is 0 Å².